The molecule has 0 saturated heterocycles. The first-order valence-electron chi connectivity index (χ1n) is 12.3. The molecule has 2 aromatic rings. The number of aryl methyl sites for hydroxylation is 2. The van der Waals surface area contributed by atoms with Crippen molar-refractivity contribution >= 4 is 0 Å². The summed E-state index contributed by atoms with van der Waals surface area (Å²) in [6.45, 7) is 19.6. The fourth-order valence-corrected chi connectivity index (χ4v) is 4.01. The number of rotatable bonds is 14. The summed E-state index contributed by atoms with van der Waals surface area (Å²) in [6.07, 6.45) is 4.93. The van der Waals surface area contributed by atoms with Crippen molar-refractivity contribution in [3.05, 3.63) is 58.7 Å². The summed E-state index contributed by atoms with van der Waals surface area (Å²) in [5.74, 6) is 2.06. The van der Waals surface area contributed by atoms with Crippen LogP contribution in [0.3, 0.4) is 0 Å². The van der Waals surface area contributed by atoms with Gasteiger partial charge in [0.2, 0.25) is 0 Å². The van der Waals surface area contributed by atoms with E-state index in [2.05, 4.69) is 87.7 Å². The van der Waals surface area contributed by atoms with Crippen molar-refractivity contribution in [2.75, 3.05) is 26.2 Å². The molecule has 0 atom stereocenters. The molecule has 2 rings (SSSR count). The molecule has 0 fully saturated rings. The molecule has 31 heavy (non-hydrogen) atoms. The van der Waals surface area contributed by atoms with E-state index in [1.807, 2.05) is 0 Å². The van der Waals surface area contributed by atoms with Gasteiger partial charge in [0.05, 0.1) is 0 Å². The largest absolute Gasteiger partial charge is 0.456 e. The van der Waals surface area contributed by atoms with E-state index in [0.29, 0.717) is 0 Å². The summed E-state index contributed by atoms with van der Waals surface area (Å²) in [4.78, 5) is 5.04. The van der Waals surface area contributed by atoms with Crippen molar-refractivity contribution in [2.45, 2.75) is 80.3 Å². The Hall–Kier alpha value is -1.84. The molecule has 0 heterocycles. The molecule has 0 N–H and O–H groups in total. The topological polar surface area (TPSA) is 15.7 Å². The van der Waals surface area contributed by atoms with Crippen molar-refractivity contribution in [1.82, 2.24) is 9.80 Å². The summed E-state index contributed by atoms with van der Waals surface area (Å²) < 4.78 is 6.75. The lowest BCUT2D eigenvalue weighted by molar-refractivity contribution is 0.267. The predicted molar refractivity (Wildman–Crippen MR) is 134 cm³/mol. The maximum Gasteiger partial charge on any atom is 0.134 e. The highest BCUT2D eigenvalue weighted by Crippen LogP contribution is 2.34. The van der Waals surface area contributed by atoms with Crippen LogP contribution in [-0.2, 0) is 13.1 Å². The van der Waals surface area contributed by atoms with Gasteiger partial charge in [-0.15, -0.1) is 0 Å². The number of hydrogen-bond donors (Lipinski definition) is 0. The van der Waals surface area contributed by atoms with Gasteiger partial charge in [-0.25, -0.2) is 0 Å². The van der Waals surface area contributed by atoms with E-state index >= 15 is 0 Å². The molecule has 0 bridgehead atoms. The van der Waals surface area contributed by atoms with Crippen molar-refractivity contribution in [3.8, 4) is 11.5 Å². The third-order valence-electron chi connectivity index (χ3n) is 6.13. The van der Waals surface area contributed by atoms with Crippen LogP contribution in [0.2, 0.25) is 0 Å². The zero-order chi connectivity index (χ0) is 22.6. The van der Waals surface area contributed by atoms with E-state index in [4.69, 9.17) is 4.74 Å². The highest BCUT2D eigenvalue weighted by atomic mass is 16.5. The summed E-state index contributed by atoms with van der Waals surface area (Å²) in [5, 5.41) is 0. The van der Waals surface area contributed by atoms with E-state index in [0.717, 1.165) is 50.8 Å². The average molecular weight is 425 g/mol. The summed E-state index contributed by atoms with van der Waals surface area (Å²) in [7, 11) is 0. The molecule has 0 aliphatic carbocycles. The van der Waals surface area contributed by atoms with Gasteiger partial charge < -0.3 is 4.74 Å². The lowest BCUT2D eigenvalue weighted by Gasteiger charge is -2.25. The molecule has 0 aliphatic heterocycles. The lowest BCUT2D eigenvalue weighted by Crippen LogP contribution is -2.25. The van der Waals surface area contributed by atoms with Gasteiger partial charge >= 0.3 is 0 Å². The second-order valence-corrected chi connectivity index (χ2v) is 8.67. The van der Waals surface area contributed by atoms with E-state index in [1.54, 1.807) is 0 Å². The Bertz CT molecular complexity index is 721. The molecule has 172 valence electrons. The van der Waals surface area contributed by atoms with E-state index < -0.39 is 0 Å². The van der Waals surface area contributed by atoms with Crippen LogP contribution in [0.25, 0.3) is 0 Å². The number of nitrogens with zero attached hydrogens (tertiary/aromatic N) is 2. The van der Waals surface area contributed by atoms with Crippen LogP contribution in [0.1, 0.15) is 75.6 Å². The van der Waals surface area contributed by atoms with Crippen LogP contribution in [0, 0.1) is 13.8 Å². The van der Waals surface area contributed by atoms with Gasteiger partial charge in [0, 0.05) is 24.2 Å². The first-order chi connectivity index (χ1) is 15.0. The second kappa shape index (κ2) is 13.5. The highest BCUT2D eigenvalue weighted by molar-refractivity contribution is 5.48. The second-order valence-electron chi connectivity index (χ2n) is 8.67. The monoisotopic (exact) mass is 424 g/mol. The summed E-state index contributed by atoms with van der Waals surface area (Å²) in [6, 6.07) is 13.1. The molecule has 3 heteroatoms. The fourth-order valence-electron chi connectivity index (χ4n) is 4.01. The Morgan fingerprint density at radius 2 is 1.06 bits per heavy atom. The molecule has 0 unspecified atom stereocenters. The van der Waals surface area contributed by atoms with Gasteiger partial charge in [-0.05, 0) is 64.0 Å². The smallest absolute Gasteiger partial charge is 0.134 e. The molecule has 2 aromatic carbocycles. The minimum absolute atomic E-state index is 0.937. The van der Waals surface area contributed by atoms with Gasteiger partial charge in [-0.1, -0.05) is 76.9 Å². The summed E-state index contributed by atoms with van der Waals surface area (Å²) >= 11 is 0. The van der Waals surface area contributed by atoms with Crippen molar-refractivity contribution in [2.24, 2.45) is 0 Å². The Morgan fingerprint density at radius 3 is 1.42 bits per heavy atom. The molecule has 3 nitrogen and oxygen atoms in total. The summed E-state index contributed by atoms with van der Waals surface area (Å²) in [5.41, 5.74) is 4.98. The predicted octanol–water partition coefficient (Wildman–Crippen LogP) is 7.34. The lowest BCUT2D eigenvalue weighted by atomic mass is 10.1. The van der Waals surface area contributed by atoms with Gasteiger partial charge in [-0.2, -0.15) is 0 Å². The van der Waals surface area contributed by atoms with Gasteiger partial charge in [0.25, 0.3) is 0 Å². The van der Waals surface area contributed by atoms with Crippen molar-refractivity contribution in [3.63, 3.8) is 0 Å². The van der Waals surface area contributed by atoms with Gasteiger partial charge in [-0.3, -0.25) is 9.80 Å². The Kier molecular flexibility index (Phi) is 11.1. The molecular weight excluding hydrogens is 380 g/mol. The van der Waals surface area contributed by atoms with Gasteiger partial charge in [0.15, 0.2) is 0 Å². The molecule has 0 spiro atoms. The first kappa shape index (κ1) is 25.4. The zero-order valence-electron chi connectivity index (χ0n) is 20.8. The van der Waals surface area contributed by atoms with Crippen molar-refractivity contribution < 1.29 is 4.74 Å². The quantitative estimate of drug-likeness (QED) is 0.315. The molecule has 0 aromatic heterocycles. The number of hydrogen-bond acceptors (Lipinski definition) is 3. The highest BCUT2D eigenvalue weighted by Gasteiger charge is 2.16. The normalized spacial score (nSPS) is 11.5. The van der Waals surface area contributed by atoms with E-state index in [-0.39, 0.29) is 0 Å². The third-order valence-corrected chi connectivity index (χ3v) is 6.13. The van der Waals surface area contributed by atoms with Crippen LogP contribution in [-0.4, -0.2) is 36.0 Å². The number of ether oxygens (including phenoxy) is 1. The van der Waals surface area contributed by atoms with Crippen LogP contribution >= 0.6 is 0 Å². The van der Waals surface area contributed by atoms with Crippen LogP contribution in [0.4, 0.5) is 0 Å². The van der Waals surface area contributed by atoms with Crippen molar-refractivity contribution in [1.29, 1.82) is 0 Å². The Morgan fingerprint density at radius 1 is 0.645 bits per heavy atom. The Balaban J connectivity index is 2.31. The fraction of sp³-hybridized carbons (Fsp3) is 0.571. The van der Waals surface area contributed by atoms with Crippen LogP contribution in [0.15, 0.2) is 36.4 Å². The molecular formula is C28H44N2O. The molecule has 0 saturated carbocycles. The van der Waals surface area contributed by atoms with Crippen LogP contribution < -0.4 is 4.74 Å². The maximum atomic E-state index is 6.75. The first-order valence-corrected chi connectivity index (χ1v) is 12.3. The average Bonchev–Trinajstić information content (AvgIpc) is 2.77. The van der Waals surface area contributed by atoms with E-state index in [1.165, 1.54) is 47.9 Å². The third kappa shape index (κ3) is 7.66. The molecule has 0 aliphatic rings. The molecule has 0 amide bonds. The van der Waals surface area contributed by atoms with Gasteiger partial charge in [0.1, 0.15) is 11.5 Å². The number of benzene rings is 2. The SMILES string of the molecule is CCCCN(CC)Cc1cccc(C)c1Oc1c(C)cccc1CN(CC)CCCC. The zero-order valence-corrected chi connectivity index (χ0v) is 20.8. The minimum Gasteiger partial charge on any atom is -0.456 e. The number of unbranched alkanes of at least 4 members (excludes halogenated alkanes) is 2. The standard InChI is InChI=1S/C28H44N2O/c1-7-11-19-29(9-3)21-25-17-13-15-23(5)27(25)31-28-24(6)16-14-18-26(28)22-30(10-4)20-12-8-2/h13-18H,7-12,19-22H2,1-6H3. The number of para-hydroxylation sites is 2. The molecule has 0 radical (unpaired) electrons. The maximum absolute atomic E-state index is 6.75. The minimum atomic E-state index is 0.937. The Labute approximate surface area is 191 Å². The van der Waals surface area contributed by atoms with E-state index in [9.17, 15) is 0 Å². The van der Waals surface area contributed by atoms with Crippen LogP contribution in [0.5, 0.6) is 11.5 Å².